The van der Waals surface area contributed by atoms with Crippen molar-refractivity contribution >= 4 is 0 Å². The van der Waals surface area contributed by atoms with Gasteiger partial charge in [0.1, 0.15) is 0 Å². The van der Waals surface area contributed by atoms with Gasteiger partial charge in [-0.2, -0.15) is 4.98 Å². The van der Waals surface area contributed by atoms with Crippen LogP contribution >= 0.6 is 0 Å². The summed E-state index contributed by atoms with van der Waals surface area (Å²) in [4.78, 5) is 6.55. The highest BCUT2D eigenvalue weighted by molar-refractivity contribution is 5.53. The summed E-state index contributed by atoms with van der Waals surface area (Å²) in [5.74, 6) is 1.19. The molecule has 2 heterocycles. The van der Waals surface area contributed by atoms with Gasteiger partial charge in [0.2, 0.25) is 11.7 Å². The molecular weight excluding hydrogens is 258 g/mol. The Morgan fingerprint density at radius 1 is 1.30 bits per heavy atom. The Balaban J connectivity index is 1.65. The van der Waals surface area contributed by atoms with Crippen molar-refractivity contribution in [3.05, 3.63) is 36.2 Å². The number of aliphatic hydroxyl groups is 1. The number of hydrogen-bond donors (Lipinski definition) is 1. The lowest BCUT2D eigenvalue weighted by molar-refractivity contribution is -0.0571. The van der Waals surface area contributed by atoms with Crippen LogP contribution in [0, 0.1) is 0 Å². The molecule has 1 saturated heterocycles. The Bertz CT molecular complexity index is 544. The minimum Gasteiger partial charge on any atom is -0.394 e. The summed E-state index contributed by atoms with van der Waals surface area (Å²) in [5.41, 5.74) is 0.942. The Morgan fingerprint density at radius 3 is 2.95 bits per heavy atom. The van der Waals surface area contributed by atoms with Crippen molar-refractivity contribution in [2.45, 2.75) is 12.6 Å². The molecule has 0 saturated carbocycles. The van der Waals surface area contributed by atoms with E-state index in [1.807, 2.05) is 30.3 Å². The number of ether oxygens (including phenoxy) is 1. The van der Waals surface area contributed by atoms with Gasteiger partial charge in [-0.3, -0.25) is 4.90 Å². The highest BCUT2D eigenvalue weighted by Crippen LogP contribution is 2.16. The lowest BCUT2D eigenvalue weighted by Crippen LogP contribution is -2.43. The zero-order chi connectivity index (χ0) is 13.8. The topological polar surface area (TPSA) is 71.6 Å². The van der Waals surface area contributed by atoms with E-state index in [2.05, 4.69) is 15.0 Å². The molecule has 0 amide bonds. The molecule has 1 fully saturated rings. The third kappa shape index (κ3) is 3.04. The van der Waals surface area contributed by atoms with E-state index in [9.17, 15) is 0 Å². The molecule has 6 nitrogen and oxygen atoms in total. The van der Waals surface area contributed by atoms with E-state index >= 15 is 0 Å². The molecule has 1 aliphatic heterocycles. The average molecular weight is 275 g/mol. The second kappa shape index (κ2) is 6.13. The highest BCUT2D eigenvalue weighted by Gasteiger charge is 2.21. The van der Waals surface area contributed by atoms with E-state index < -0.39 is 0 Å². The zero-order valence-electron chi connectivity index (χ0n) is 11.1. The Hall–Kier alpha value is -1.76. The minimum absolute atomic E-state index is 0.0373. The van der Waals surface area contributed by atoms with Gasteiger partial charge in [-0.15, -0.1) is 0 Å². The smallest absolute Gasteiger partial charge is 0.241 e. The Labute approximate surface area is 117 Å². The molecule has 0 bridgehead atoms. The number of aromatic nitrogens is 2. The number of aliphatic hydroxyl groups excluding tert-OH is 1. The standard InChI is InChI=1S/C14H17N3O3/c18-10-12-8-17(6-7-19-12)9-13-15-14(16-20-13)11-4-2-1-3-5-11/h1-5,12,18H,6-10H2. The maximum atomic E-state index is 9.12. The van der Waals surface area contributed by atoms with E-state index in [1.54, 1.807) is 0 Å². The molecule has 1 aliphatic rings. The van der Waals surface area contributed by atoms with Gasteiger partial charge in [0.25, 0.3) is 0 Å². The van der Waals surface area contributed by atoms with Crippen LogP contribution in [0.3, 0.4) is 0 Å². The van der Waals surface area contributed by atoms with Crippen molar-refractivity contribution < 1.29 is 14.4 Å². The van der Waals surface area contributed by atoms with Crippen LogP contribution in [0.15, 0.2) is 34.9 Å². The first-order chi connectivity index (χ1) is 9.85. The highest BCUT2D eigenvalue weighted by atomic mass is 16.5. The number of morpholine rings is 1. The summed E-state index contributed by atoms with van der Waals surface area (Å²) in [6.45, 7) is 2.72. The second-order valence-corrected chi connectivity index (χ2v) is 4.79. The lowest BCUT2D eigenvalue weighted by atomic mass is 10.2. The Morgan fingerprint density at radius 2 is 2.15 bits per heavy atom. The fourth-order valence-corrected chi connectivity index (χ4v) is 2.25. The predicted molar refractivity (Wildman–Crippen MR) is 71.8 cm³/mol. The third-order valence-electron chi connectivity index (χ3n) is 3.29. The quantitative estimate of drug-likeness (QED) is 0.895. The summed E-state index contributed by atoms with van der Waals surface area (Å²) < 4.78 is 10.7. The molecule has 0 radical (unpaired) electrons. The van der Waals surface area contributed by atoms with Crippen molar-refractivity contribution in [3.8, 4) is 11.4 Å². The molecular formula is C14H17N3O3. The van der Waals surface area contributed by atoms with Gasteiger partial charge >= 0.3 is 0 Å². The molecule has 1 atom stereocenters. The molecule has 106 valence electrons. The number of rotatable bonds is 4. The fraction of sp³-hybridized carbons (Fsp3) is 0.429. The average Bonchev–Trinajstić information content (AvgIpc) is 2.97. The first-order valence-electron chi connectivity index (χ1n) is 6.68. The van der Waals surface area contributed by atoms with Crippen LogP contribution in [0.2, 0.25) is 0 Å². The maximum Gasteiger partial charge on any atom is 0.241 e. The van der Waals surface area contributed by atoms with E-state index in [0.29, 0.717) is 31.4 Å². The Kier molecular flexibility index (Phi) is 4.05. The van der Waals surface area contributed by atoms with Gasteiger partial charge in [0, 0.05) is 18.7 Å². The van der Waals surface area contributed by atoms with Crippen molar-refractivity contribution in [1.29, 1.82) is 0 Å². The molecule has 0 spiro atoms. The summed E-state index contributed by atoms with van der Waals surface area (Å²) in [7, 11) is 0. The summed E-state index contributed by atoms with van der Waals surface area (Å²) in [6.07, 6.45) is -0.125. The van der Waals surface area contributed by atoms with E-state index in [1.165, 1.54) is 0 Å². The molecule has 0 aliphatic carbocycles. The van der Waals surface area contributed by atoms with Gasteiger partial charge in [-0.05, 0) is 0 Å². The first kappa shape index (κ1) is 13.2. The summed E-state index contributed by atoms with van der Waals surface area (Å²) in [5, 5.41) is 13.1. The predicted octanol–water partition coefficient (Wildman–Crippen LogP) is 0.930. The molecule has 1 aromatic carbocycles. The third-order valence-corrected chi connectivity index (χ3v) is 3.29. The van der Waals surface area contributed by atoms with E-state index in [0.717, 1.165) is 12.1 Å². The van der Waals surface area contributed by atoms with Crippen LogP contribution in [0.1, 0.15) is 5.89 Å². The van der Waals surface area contributed by atoms with Gasteiger partial charge in [0.05, 0.1) is 25.9 Å². The molecule has 1 aromatic heterocycles. The summed E-state index contributed by atoms with van der Waals surface area (Å²) in [6, 6.07) is 9.74. The lowest BCUT2D eigenvalue weighted by Gasteiger charge is -2.30. The van der Waals surface area contributed by atoms with Gasteiger partial charge < -0.3 is 14.4 Å². The van der Waals surface area contributed by atoms with E-state index in [4.69, 9.17) is 14.4 Å². The van der Waals surface area contributed by atoms with Crippen LogP contribution < -0.4 is 0 Å². The zero-order valence-corrected chi connectivity index (χ0v) is 11.1. The monoisotopic (exact) mass is 275 g/mol. The van der Waals surface area contributed by atoms with Crippen LogP contribution in [-0.4, -0.2) is 52.6 Å². The minimum atomic E-state index is -0.125. The molecule has 20 heavy (non-hydrogen) atoms. The first-order valence-corrected chi connectivity index (χ1v) is 6.68. The van der Waals surface area contributed by atoms with Crippen molar-refractivity contribution in [2.24, 2.45) is 0 Å². The molecule has 1 N–H and O–H groups in total. The van der Waals surface area contributed by atoms with Crippen LogP contribution in [0.25, 0.3) is 11.4 Å². The van der Waals surface area contributed by atoms with Gasteiger partial charge in [0.15, 0.2) is 0 Å². The van der Waals surface area contributed by atoms with Crippen LogP contribution in [-0.2, 0) is 11.3 Å². The van der Waals surface area contributed by atoms with Crippen LogP contribution in [0.5, 0.6) is 0 Å². The van der Waals surface area contributed by atoms with Crippen LogP contribution in [0.4, 0.5) is 0 Å². The van der Waals surface area contributed by atoms with Crippen molar-refractivity contribution in [2.75, 3.05) is 26.3 Å². The number of hydrogen-bond acceptors (Lipinski definition) is 6. The maximum absolute atomic E-state index is 9.12. The largest absolute Gasteiger partial charge is 0.394 e. The molecule has 2 aromatic rings. The summed E-state index contributed by atoms with van der Waals surface area (Å²) >= 11 is 0. The van der Waals surface area contributed by atoms with Gasteiger partial charge in [-0.25, -0.2) is 0 Å². The normalized spacial score (nSPS) is 20.1. The number of nitrogens with zero attached hydrogens (tertiary/aromatic N) is 3. The van der Waals surface area contributed by atoms with Crippen molar-refractivity contribution in [3.63, 3.8) is 0 Å². The van der Waals surface area contributed by atoms with Crippen molar-refractivity contribution in [1.82, 2.24) is 15.0 Å². The molecule has 1 unspecified atom stereocenters. The fourth-order valence-electron chi connectivity index (χ4n) is 2.25. The van der Waals surface area contributed by atoms with E-state index in [-0.39, 0.29) is 12.7 Å². The number of benzene rings is 1. The molecule has 3 rings (SSSR count). The molecule has 6 heteroatoms. The van der Waals surface area contributed by atoms with Gasteiger partial charge in [-0.1, -0.05) is 35.5 Å². The second-order valence-electron chi connectivity index (χ2n) is 4.79. The SMILES string of the molecule is OCC1CN(Cc2nc(-c3ccccc3)no2)CCO1.